The van der Waals surface area contributed by atoms with Crippen LogP contribution in [0.4, 0.5) is 0 Å². The van der Waals surface area contributed by atoms with E-state index >= 15 is 0 Å². The van der Waals surface area contributed by atoms with Crippen LogP contribution in [0.5, 0.6) is 0 Å². The largest absolute Gasteiger partial charge is 0.314 e. The lowest BCUT2D eigenvalue weighted by atomic mass is 9.71. The Hall–Kier alpha value is -0.120. The predicted octanol–water partition coefficient (Wildman–Crippen LogP) is 4.48. The van der Waals surface area contributed by atoms with E-state index in [0.29, 0.717) is 5.41 Å². The maximum absolute atomic E-state index is 3.27. The van der Waals surface area contributed by atoms with E-state index in [9.17, 15) is 0 Å². The summed E-state index contributed by atoms with van der Waals surface area (Å²) >= 11 is 0. The van der Waals surface area contributed by atoms with Crippen LogP contribution in [0.25, 0.3) is 0 Å². The molecule has 0 aromatic heterocycles. The number of rotatable bonds is 4. The van der Waals surface area contributed by atoms with Gasteiger partial charge in [-0.15, -0.1) is 0 Å². The minimum atomic E-state index is 0.567. The number of nitrogens with zero attached hydrogens (tertiary/aromatic N) is 2. The first-order valence-corrected chi connectivity index (χ1v) is 10.5. The van der Waals surface area contributed by atoms with Crippen LogP contribution in [-0.2, 0) is 0 Å². The van der Waals surface area contributed by atoms with E-state index in [0.717, 1.165) is 25.0 Å². The van der Waals surface area contributed by atoms with Gasteiger partial charge in [0.15, 0.2) is 0 Å². The van der Waals surface area contributed by atoms with Gasteiger partial charge in [-0.1, -0.05) is 41.0 Å². The van der Waals surface area contributed by atoms with Crippen molar-refractivity contribution in [2.45, 2.75) is 80.2 Å². The minimum Gasteiger partial charge on any atom is -0.314 e. The molecule has 2 aliphatic rings. The summed E-state index contributed by atoms with van der Waals surface area (Å²) in [6, 6.07) is 0.736. The molecule has 0 spiro atoms. The summed E-state index contributed by atoms with van der Waals surface area (Å²) in [5.74, 6) is 0.951. The SMILES string of the molecule is CC.CCCC(C)(C)C1CCN(C(C)C)CC1.CN1CCNCC1. The second-order valence-electron chi connectivity index (χ2n) is 8.20. The molecule has 146 valence electrons. The fraction of sp³-hybridized carbons (Fsp3) is 1.00. The summed E-state index contributed by atoms with van der Waals surface area (Å²) in [4.78, 5) is 4.95. The molecule has 0 unspecified atom stereocenters. The van der Waals surface area contributed by atoms with Crippen LogP contribution in [0, 0.1) is 11.3 Å². The third kappa shape index (κ3) is 9.39. The first kappa shape index (κ1) is 23.9. The number of piperidine rings is 1. The highest BCUT2D eigenvalue weighted by Crippen LogP contribution is 2.38. The van der Waals surface area contributed by atoms with Crippen LogP contribution in [0.2, 0.25) is 0 Å². The maximum atomic E-state index is 3.27. The van der Waals surface area contributed by atoms with Crippen LogP contribution in [-0.4, -0.2) is 62.2 Å². The van der Waals surface area contributed by atoms with E-state index in [1.165, 1.54) is 51.9 Å². The Kier molecular flexibility index (Phi) is 13.1. The average molecular weight is 342 g/mol. The zero-order valence-corrected chi connectivity index (χ0v) is 18.1. The van der Waals surface area contributed by atoms with Crippen molar-refractivity contribution < 1.29 is 0 Å². The van der Waals surface area contributed by atoms with Gasteiger partial charge in [0.25, 0.3) is 0 Å². The van der Waals surface area contributed by atoms with Crippen molar-refractivity contribution in [2.75, 3.05) is 46.3 Å². The van der Waals surface area contributed by atoms with Gasteiger partial charge in [-0.25, -0.2) is 0 Å². The summed E-state index contributed by atoms with van der Waals surface area (Å²) in [6.45, 7) is 23.2. The molecule has 2 fully saturated rings. The molecular formula is C21H47N3. The Bertz CT molecular complexity index is 275. The third-order valence-corrected chi connectivity index (χ3v) is 5.60. The fourth-order valence-corrected chi connectivity index (χ4v) is 3.82. The van der Waals surface area contributed by atoms with E-state index in [2.05, 4.69) is 56.8 Å². The topological polar surface area (TPSA) is 18.5 Å². The summed E-state index contributed by atoms with van der Waals surface area (Å²) in [5.41, 5.74) is 0.567. The lowest BCUT2D eigenvalue weighted by Gasteiger charge is -2.42. The Morgan fingerprint density at radius 2 is 1.50 bits per heavy atom. The zero-order valence-electron chi connectivity index (χ0n) is 18.1. The number of likely N-dealkylation sites (N-methyl/N-ethyl adjacent to an activating group) is 1. The zero-order chi connectivity index (χ0) is 18.6. The molecule has 24 heavy (non-hydrogen) atoms. The van der Waals surface area contributed by atoms with Crippen LogP contribution in [0.1, 0.15) is 74.1 Å². The Morgan fingerprint density at radius 1 is 1.00 bits per heavy atom. The molecule has 0 aromatic carbocycles. The van der Waals surface area contributed by atoms with Gasteiger partial charge in [0.1, 0.15) is 0 Å². The lowest BCUT2D eigenvalue weighted by Crippen LogP contribution is -2.42. The van der Waals surface area contributed by atoms with Crippen molar-refractivity contribution in [1.82, 2.24) is 15.1 Å². The highest BCUT2D eigenvalue weighted by molar-refractivity contribution is 4.84. The molecule has 0 saturated carbocycles. The third-order valence-electron chi connectivity index (χ3n) is 5.60. The van der Waals surface area contributed by atoms with E-state index in [1.807, 2.05) is 13.8 Å². The molecule has 2 heterocycles. The number of likely N-dealkylation sites (tertiary alicyclic amines) is 1. The molecular weight excluding hydrogens is 294 g/mol. The van der Waals surface area contributed by atoms with E-state index in [4.69, 9.17) is 0 Å². The Balaban J connectivity index is 0.000000488. The molecule has 0 atom stereocenters. The van der Waals surface area contributed by atoms with Crippen LogP contribution < -0.4 is 5.32 Å². The maximum Gasteiger partial charge on any atom is 0.0104 e. The van der Waals surface area contributed by atoms with Crippen LogP contribution in [0.15, 0.2) is 0 Å². The molecule has 0 aromatic rings. The van der Waals surface area contributed by atoms with Crippen molar-refractivity contribution >= 4 is 0 Å². The van der Waals surface area contributed by atoms with Gasteiger partial charge in [-0.2, -0.15) is 0 Å². The lowest BCUT2D eigenvalue weighted by molar-refractivity contribution is 0.0775. The standard InChI is InChI=1S/C14H29N.C5H12N2.C2H6/c1-6-9-14(4,5)13-7-10-15(11-8-13)12(2)3;1-7-4-2-6-3-5-7;1-2/h12-13H,6-11H2,1-5H3;6H,2-5H2,1H3;1-2H3. The van der Waals surface area contributed by atoms with E-state index in [-0.39, 0.29) is 0 Å². The summed E-state index contributed by atoms with van der Waals surface area (Å²) < 4.78 is 0. The summed E-state index contributed by atoms with van der Waals surface area (Å²) in [5, 5.41) is 3.27. The molecule has 0 radical (unpaired) electrons. The fourth-order valence-electron chi connectivity index (χ4n) is 3.82. The molecule has 2 saturated heterocycles. The predicted molar refractivity (Wildman–Crippen MR) is 110 cm³/mol. The van der Waals surface area contributed by atoms with Crippen molar-refractivity contribution in [2.24, 2.45) is 11.3 Å². The highest BCUT2D eigenvalue weighted by atomic mass is 15.2. The van der Waals surface area contributed by atoms with Gasteiger partial charge in [0, 0.05) is 32.2 Å². The first-order chi connectivity index (χ1) is 11.4. The molecule has 1 N–H and O–H groups in total. The Morgan fingerprint density at radius 3 is 1.83 bits per heavy atom. The minimum absolute atomic E-state index is 0.567. The van der Waals surface area contributed by atoms with Gasteiger partial charge in [0.2, 0.25) is 0 Å². The molecule has 0 aliphatic carbocycles. The van der Waals surface area contributed by atoms with Crippen LogP contribution in [0.3, 0.4) is 0 Å². The quantitative estimate of drug-likeness (QED) is 0.813. The highest BCUT2D eigenvalue weighted by Gasteiger charge is 2.32. The van der Waals surface area contributed by atoms with Gasteiger partial charge in [0.05, 0.1) is 0 Å². The normalized spacial score (nSPS) is 20.9. The van der Waals surface area contributed by atoms with Gasteiger partial charge in [-0.05, 0) is 64.6 Å². The average Bonchev–Trinajstić information content (AvgIpc) is 2.58. The number of piperazine rings is 1. The number of hydrogen-bond donors (Lipinski definition) is 1. The van der Waals surface area contributed by atoms with Crippen molar-refractivity contribution in [3.8, 4) is 0 Å². The van der Waals surface area contributed by atoms with Crippen molar-refractivity contribution in [1.29, 1.82) is 0 Å². The van der Waals surface area contributed by atoms with Crippen molar-refractivity contribution in [3.05, 3.63) is 0 Å². The van der Waals surface area contributed by atoms with E-state index < -0.39 is 0 Å². The summed E-state index contributed by atoms with van der Waals surface area (Å²) in [7, 11) is 2.15. The second kappa shape index (κ2) is 13.1. The van der Waals surface area contributed by atoms with Crippen LogP contribution >= 0.6 is 0 Å². The number of hydrogen-bond acceptors (Lipinski definition) is 3. The molecule has 2 rings (SSSR count). The second-order valence-corrected chi connectivity index (χ2v) is 8.20. The van der Waals surface area contributed by atoms with E-state index in [1.54, 1.807) is 0 Å². The summed E-state index contributed by atoms with van der Waals surface area (Å²) in [6.07, 6.45) is 5.53. The number of nitrogens with one attached hydrogen (secondary N) is 1. The Labute approximate surface area is 153 Å². The molecule has 0 bridgehead atoms. The van der Waals surface area contributed by atoms with Crippen molar-refractivity contribution in [3.63, 3.8) is 0 Å². The molecule has 3 heteroatoms. The molecule has 0 amide bonds. The van der Waals surface area contributed by atoms with Gasteiger partial charge >= 0.3 is 0 Å². The smallest absolute Gasteiger partial charge is 0.0104 e. The monoisotopic (exact) mass is 341 g/mol. The van der Waals surface area contributed by atoms with Gasteiger partial charge in [-0.3, -0.25) is 0 Å². The molecule has 2 aliphatic heterocycles. The molecule has 3 nitrogen and oxygen atoms in total. The first-order valence-electron chi connectivity index (χ1n) is 10.5. The van der Waals surface area contributed by atoms with Gasteiger partial charge < -0.3 is 15.1 Å².